The highest BCUT2D eigenvalue weighted by molar-refractivity contribution is 5.41. The molecule has 1 aromatic heterocycles. The maximum atomic E-state index is 5.77. The molecule has 0 aromatic carbocycles. The van der Waals surface area contributed by atoms with E-state index in [1.165, 1.54) is 50.6 Å². The number of aryl methyl sites for hydroxylation is 1. The van der Waals surface area contributed by atoms with Crippen LogP contribution in [0.15, 0.2) is 0 Å². The van der Waals surface area contributed by atoms with Gasteiger partial charge in [0, 0.05) is 11.4 Å². The second kappa shape index (κ2) is 4.25. The zero-order valence-electron chi connectivity index (χ0n) is 10.0. The van der Waals surface area contributed by atoms with E-state index >= 15 is 0 Å². The molecule has 0 bridgehead atoms. The summed E-state index contributed by atoms with van der Waals surface area (Å²) in [6.07, 6.45) is 10.5. The van der Waals surface area contributed by atoms with Crippen LogP contribution in [0.4, 0.5) is 0 Å². The van der Waals surface area contributed by atoms with E-state index in [0.29, 0.717) is 0 Å². The molecule has 3 N–H and O–H groups in total. The van der Waals surface area contributed by atoms with Gasteiger partial charge in [0.05, 0.1) is 0 Å². The summed E-state index contributed by atoms with van der Waals surface area (Å²) in [6.45, 7) is 0.796. The Morgan fingerprint density at radius 3 is 2.62 bits per heavy atom. The summed E-state index contributed by atoms with van der Waals surface area (Å²) in [6, 6.07) is 0. The number of hydrogen-bond donors (Lipinski definition) is 2. The first-order valence-corrected chi connectivity index (χ1v) is 6.82. The van der Waals surface area contributed by atoms with Crippen molar-refractivity contribution in [2.24, 2.45) is 5.73 Å². The molecule has 1 heterocycles. The zero-order valence-corrected chi connectivity index (χ0v) is 10.0. The van der Waals surface area contributed by atoms with Gasteiger partial charge in [-0.25, -0.2) is 0 Å². The molecule has 1 fully saturated rings. The molecule has 1 saturated carbocycles. The minimum absolute atomic E-state index is 0.796. The van der Waals surface area contributed by atoms with Crippen molar-refractivity contribution in [1.82, 2.24) is 4.98 Å². The maximum absolute atomic E-state index is 5.77. The highest BCUT2D eigenvalue weighted by Crippen LogP contribution is 2.40. The highest BCUT2D eigenvalue weighted by atomic mass is 14.8. The molecular formula is C14H22N2. The average Bonchev–Trinajstić information content (AvgIpc) is 2.56. The van der Waals surface area contributed by atoms with Crippen LogP contribution in [0.3, 0.4) is 0 Å². The molecule has 1 aromatic rings. The summed E-state index contributed by atoms with van der Waals surface area (Å²) in [5.41, 5.74) is 12.1. The van der Waals surface area contributed by atoms with Crippen molar-refractivity contribution in [3.8, 4) is 0 Å². The molecule has 16 heavy (non-hydrogen) atoms. The van der Waals surface area contributed by atoms with E-state index in [1.54, 1.807) is 16.8 Å². The van der Waals surface area contributed by atoms with Crippen LogP contribution in [0, 0.1) is 0 Å². The van der Waals surface area contributed by atoms with Crippen molar-refractivity contribution in [2.45, 2.75) is 57.3 Å². The highest BCUT2D eigenvalue weighted by Gasteiger charge is 2.27. The quantitative estimate of drug-likeness (QED) is 0.804. The van der Waals surface area contributed by atoms with Crippen LogP contribution in [0.2, 0.25) is 0 Å². The lowest BCUT2D eigenvalue weighted by Crippen LogP contribution is -2.13. The third kappa shape index (κ3) is 1.60. The Morgan fingerprint density at radius 2 is 1.94 bits per heavy atom. The molecule has 3 rings (SSSR count). The lowest BCUT2D eigenvalue weighted by molar-refractivity contribution is 0.409. The minimum Gasteiger partial charge on any atom is -0.362 e. The fourth-order valence-corrected chi connectivity index (χ4v) is 3.25. The number of rotatable bonds is 3. The SMILES string of the molecule is NCCc1c(C2CCC2)[nH]c2c1CCCC2. The maximum Gasteiger partial charge on any atom is 0.0216 e. The normalized spacial score (nSPS) is 20.6. The van der Waals surface area contributed by atoms with E-state index in [4.69, 9.17) is 5.73 Å². The molecule has 0 atom stereocenters. The van der Waals surface area contributed by atoms with Gasteiger partial charge < -0.3 is 10.7 Å². The first-order chi connectivity index (χ1) is 7.90. The average molecular weight is 218 g/mol. The topological polar surface area (TPSA) is 41.8 Å². The molecule has 2 aliphatic rings. The van der Waals surface area contributed by atoms with Gasteiger partial charge in [-0.15, -0.1) is 0 Å². The lowest BCUT2D eigenvalue weighted by Gasteiger charge is -2.26. The summed E-state index contributed by atoms with van der Waals surface area (Å²) in [5.74, 6) is 0.826. The number of hydrogen-bond acceptors (Lipinski definition) is 1. The van der Waals surface area contributed by atoms with E-state index in [0.717, 1.165) is 18.9 Å². The summed E-state index contributed by atoms with van der Waals surface area (Å²) in [7, 11) is 0. The Kier molecular flexibility index (Phi) is 2.76. The Bertz CT molecular complexity index is 374. The zero-order chi connectivity index (χ0) is 11.0. The number of nitrogens with one attached hydrogen (secondary N) is 1. The lowest BCUT2D eigenvalue weighted by atomic mass is 9.80. The third-order valence-corrected chi connectivity index (χ3v) is 4.35. The molecule has 0 saturated heterocycles. The van der Waals surface area contributed by atoms with Crippen molar-refractivity contribution < 1.29 is 0 Å². The van der Waals surface area contributed by atoms with E-state index in [1.807, 2.05) is 0 Å². The van der Waals surface area contributed by atoms with Gasteiger partial charge in [0.2, 0.25) is 0 Å². The molecule has 2 heteroatoms. The van der Waals surface area contributed by atoms with Crippen LogP contribution in [-0.2, 0) is 19.3 Å². The van der Waals surface area contributed by atoms with Crippen LogP contribution in [0.25, 0.3) is 0 Å². The molecule has 0 aliphatic heterocycles. The summed E-state index contributed by atoms with van der Waals surface area (Å²) in [5, 5.41) is 0. The molecule has 2 nitrogen and oxygen atoms in total. The summed E-state index contributed by atoms with van der Waals surface area (Å²) in [4.78, 5) is 3.73. The van der Waals surface area contributed by atoms with Gasteiger partial charge in [0.25, 0.3) is 0 Å². The Labute approximate surface area is 97.6 Å². The number of aromatic amines is 1. The molecule has 0 amide bonds. The van der Waals surface area contributed by atoms with Crippen LogP contribution < -0.4 is 5.73 Å². The van der Waals surface area contributed by atoms with Crippen LogP contribution in [0.1, 0.15) is 60.5 Å². The molecule has 2 aliphatic carbocycles. The second-order valence-corrected chi connectivity index (χ2v) is 5.35. The Morgan fingerprint density at radius 1 is 1.12 bits per heavy atom. The van der Waals surface area contributed by atoms with Crippen molar-refractivity contribution in [1.29, 1.82) is 0 Å². The molecule has 0 spiro atoms. The molecule has 88 valence electrons. The fraction of sp³-hybridized carbons (Fsp3) is 0.714. The first kappa shape index (κ1) is 10.4. The van der Waals surface area contributed by atoms with Crippen LogP contribution in [0.5, 0.6) is 0 Å². The van der Waals surface area contributed by atoms with Crippen LogP contribution >= 0.6 is 0 Å². The number of fused-ring (bicyclic) bond motifs is 1. The van der Waals surface area contributed by atoms with Crippen molar-refractivity contribution in [3.05, 3.63) is 22.5 Å². The van der Waals surface area contributed by atoms with Gasteiger partial charge in [-0.3, -0.25) is 0 Å². The number of aromatic nitrogens is 1. The second-order valence-electron chi connectivity index (χ2n) is 5.35. The van der Waals surface area contributed by atoms with Gasteiger partial charge in [0.1, 0.15) is 0 Å². The molecular weight excluding hydrogens is 196 g/mol. The van der Waals surface area contributed by atoms with E-state index in [-0.39, 0.29) is 0 Å². The van der Waals surface area contributed by atoms with Gasteiger partial charge in [-0.1, -0.05) is 6.42 Å². The Balaban J connectivity index is 1.98. The van der Waals surface area contributed by atoms with Gasteiger partial charge >= 0.3 is 0 Å². The smallest absolute Gasteiger partial charge is 0.0216 e. The van der Waals surface area contributed by atoms with Crippen molar-refractivity contribution >= 4 is 0 Å². The van der Waals surface area contributed by atoms with Gasteiger partial charge in [0.15, 0.2) is 0 Å². The van der Waals surface area contributed by atoms with Crippen molar-refractivity contribution in [3.63, 3.8) is 0 Å². The molecule has 0 radical (unpaired) electrons. The number of H-pyrrole nitrogens is 1. The predicted octanol–water partition coefficient (Wildman–Crippen LogP) is 2.66. The summed E-state index contributed by atoms with van der Waals surface area (Å²) >= 11 is 0. The first-order valence-electron chi connectivity index (χ1n) is 6.82. The molecule has 0 unspecified atom stereocenters. The Hall–Kier alpha value is -0.760. The minimum atomic E-state index is 0.796. The largest absolute Gasteiger partial charge is 0.362 e. The monoisotopic (exact) mass is 218 g/mol. The van der Waals surface area contributed by atoms with Gasteiger partial charge in [-0.05, 0) is 68.5 Å². The predicted molar refractivity (Wildman–Crippen MR) is 66.8 cm³/mol. The van der Waals surface area contributed by atoms with Crippen molar-refractivity contribution in [2.75, 3.05) is 6.54 Å². The third-order valence-electron chi connectivity index (χ3n) is 4.35. The van der Waals surface area contributed by atoms with E-state index in [2.05, 4.69) is 4.98 Å². The van der Waals surface area contributed by atoms with Gasteiger partial charge in [-0.2, -0.15) is 0 Å². The van der Waals surface area contributed by atoms with Crippen LogP contribution in [-0.4, -0.2) is 11.5 Å². The number of nitrogens with two attached hydrogens (primary N) is 1. The van der Waals surface area contributed by atoms with E-state index < -0.39 is 0 Å². The standard InChI is InChI=1S/C14H22N2/c15-9-8-12-11-6-1-2-7-13(11)16-14(12)10-4-3-5-10/h10,16H,1-9,15H2. The van der Waals surface area contributed by atoms with E-state index in [9.17, 15) is 0 Å². The fourth-order valence-electron chi connectivity index (χ4n) is 3.25. The summed E-state index contributed by atoms with van der Waals surface area (Å²) < 4.78 is 0.